The van der Waals surface area contributed by atoms with Crippen LogP contribution in [-0.4, -0.2) is 39.1 Å². The van der Waals surface area contributed by atoms with Crippen molar-refractivity contribution in [1.82, 2.24) is 0 Å². The fourth-order valence-corrected chi connectivity index (χ4v) is 3.29. The molecule has 0 amide bonds. The Morgan fingerprint density at radius 3 is 1.60 bits per heavy atom. The van der Waals surface area contributed by atoms with Crippen LogP contribution in [0.4, 0.5) is 0 Å². The summed E-state index contributed by atoms with van der Waals surface area (Å²) in [6, 6.07) is 0. The number of hydrogen-bond donors (Lipinski definition) is 0. The van der Waals surface area contributed by atoms with E-state index in [1.807, 2.05) is 0 Å². The molecular weight excluding hydrogens is 192 g/mol. The number of ether oxygens (including phenoxy) is 3. The van der Waals surface area contributed by atoms with Gasteiger partial charge in [0.15, 0.2) is 0 Å². The fraction of sp³-hybridized carbons (Fsp3) is 1.00. The molecule has 0 saturated heterocycles. The molecule has 0 aromatic rings. The lowest BCUT2D eigenvalue weighted by Crippen LogP contribution is -2.61. The highest BCUT2D eigenvalue weighted by Crippen LogP contribution is 2.41. The van der Waals surface area contributed by atoms with E-state index in [0.717, 1.165) is 6.42 Å². The Morgan fingerprint density at radius 2 is 1.33 bits per heavy atom. The van der Waals surface area contributed by atoms with Gasteiger partial charge in [0, 0.05) is 21.3 Å². The van der Waals surface area contributed by atoms with Gasteiger partial charge in [0.1, 0.15) is 5.60 Å². The highest BCUT2D eigenvalue weighted by molar-refractivity contribution is 5.01. The van der Waals surface area contributed by atoms with Crippen molar-refractivity contribution >= 4 is 0 Å². The second-order valence-electron chi connectivity index (χ2n) is 4.89. The quantitative estimate of drug-likeness (QED) is 0.723. The molecular formula is C12H24O3. The molecule has 4 atom stereocenters. The van der Waals surface area contributed by atoms with Gasteiger partial charge in [-0.05, 0) is 25.2 Å². The van der Waals surface area contributed by atoms with E-state index in [0.29, 0.717) is 11.8 Å². The molecule has 0 aromatic carbocycles. The Labute approximate surface area is 93.1 Å². The van der Waals surface area contributed by atoms with Crippen molar-refractivity contribution in [3.63, 3.8) is 0 Å². The second kappa shape index (κ2) is 4.81. The first-order chi connectivity index (χ1) is 7.01. The average Bonchev–Trinajstić information content (AvgIpc) is 2.18. The van der Waals surface area contributed by atoms with Crippen molar-refractivity contribution in [2.24, 2.45) is 11.8 Å². The lowest BCUT2D eigenvalue weighted by molar-refractivity contribution is -0.222. The van der Waals surface area contributed by atoms with Crippen LogP contribution in [0.1, 0.15) is 27.2 Å². The Kier molecular flexibility index (Phi) is 4.15. The number of rotatable bonds is 3. The third-order valence-electron chi connectivity index (χ3n) is 3.85. The maximum absolute atomic E-state index is 5.68. The van der Waals surface area contributed by atoms with E-state index >= 15 is 0 Å². The Bertz CT molecular complexity index is 189. The summed E-state index contributed by atoms with van der Waals surface area (Å²) in [6.07, 6.45) is 1.32. The molecule has 0 radical (unpaired) electrons. The van der Waals surface area contributed by atoms with E-state index < -0.39 is 0 Å². The zero-order valence-electron chi connectivity index (χ0n) is 10.7. The van der Waals surface area contributed by atoms with Gasteiger partial charge in [-0.2, -0.15) is 0 Å². The minimum absolute atomic E-state index is 0.101. The molecule has 1 rings (SSSR count). The summed E-state index contributed by atoms with van der Waals surface area (Å²) in [6.45, 7) is 6.52. The predicted octanol–water partition coefficient (Wildman–Crippen LogP) is 2.10. The molecule has 0 bridgehead atoms. The summed E-state index contributed by atoms with van der Waals surface area (Å²) in [4.78, 5) is 0. The molecule has 0 aliphatic heterocycles. The zero-order valence-corrected chi connectivity index (χ0v) is 10.7. The molecule has 0 N–H and O–H groups in total. The number of hydrogen-bond acceptors (Lipinski definition) is 3. The minimum atomic E-state index is -0.347. The maximum Gasteiger partial charge on any atom is 0.118 e. The van der Waals surface area contributed by atoms with Crippen LogP contribution in [0.3, 0.4) is 0 Å². The zero-order chi connectivity index (χ0) is 11.6. The monoisotopic (exact) mass is 216 g/mol. The van der Waals surface area contributed by atoms with E-state index in [9.17, 15) is 0 Å². The fourth-order valence-electron chi connectivity index (χ4n) is 3.29. The third kappa shape index (κ3) is 2.05. The summed E-state index contributed by atoms with van der Waals surface area (Å²) in [5.74, 6) is 1.00. The van der Waals surface area contributed by atoms with Gasteiger partial charge in [-0.3, -0.25) is 0 Å². The van der Waals surface area contributed by atoms with E-state index in [1.54, 1.807) is 21.3 Å². The van der Waals surface area contributed by atoms with Crippen molar-refractivity contribution in [3.8, 4) is 0 Å². The van der Waals surface area contributed by atoms with Crippen molar-refractivity contribution in [1.29, 1.82) is 0 Å². The molecule has 1 fully saturated rings. The van der Waals surface area contributed by atoms with Crippen molar-refractivity contribution in [2.75, 3.05) is 21.3 Å². The standard InChI is InChI=1S/C12H24O3/c1-8-7-9(2)11(14-5)12(3,15-6)10(8)13-4/h8-11H,7H2,1-6H3. The predicted molar refractivity (Wildman–Crippen MR) is 60.0 cm³/mol. The second-order valence-corrected chi connectivity index (χ2v) is 4.89. The van der Waals surface area contributed by atoms with Crippen molar-refractivity contribution in [2.45, 2.75) is 45.0 Å². The van der Waals surface area contributed by atoms with Crippen LogP contribution in [0.2, 0.25) is 0 Å². The molecule has 4 unspecified atom stereocenters. The SMILES string of the molecule is COC1C(C)CC(C)C(OC)C1(C)OC. The van der Waals surface area contributed by atoms with Crippen LogP contribution in [0.15, 0.2) is 0 Å². The van der Waals surface area contributed by atoms with Gasteiger partial charge in [0.2, 0.25) is 0 Å². The summed E-state index contributed by atoms with van der Waals surface area (Å²) in [5, 5.41) is 0. The molecule has 3 nitrogen and oxygen atoms in total. The van der Waals surface area contributed by atoms with Crippen LogP contribution >= 0.6 is 0 Å². The van der Waals surface area contributed by atoms with Crippen LogP contribution < -0.4 is 0 Å². The highest BCUT2D eigenvalue weighted by atomic mass is 16.6. The summed E-state index contributed by atoms with van der Waals surface area (Å²) >= 11 is 0. The summed E-state index contributed by atoms with van der Waals surface area (Å²) in [5.41, 5.74) is -0.347. The van der Waals surface area contributed by atoms with E-state index in [-0.39, 0.29) is 17.8 Å². The smallest absolute Gasteiger partial charge is 0.118 e. The lowest BCUT2D eigenvalue weighted by Gasteiger charge is -2.50. The van der Waals surface area contributed by atoms with E-state index in [1.165, 1.54) is 0 Å². The molecule has 1 saturated carbocycles. The van der Waals surface area contributed by atoms with E-state index in [2.05, 4.69) is 20.8 Å². The molecule has 15 heavy (non-hydrogen) atoms. The molecule has 3 heteroatoms. The Hall–Kier alpha value is -0.120. The van der Waals surface area contributed by atoms with Gasteiger partial charge >= 0.3 is 0 Å². The van der Waals surface area contributed by atoms with Crippen LogP contribution in [0.25, 0.3) is 0 Å². The average molecular weight is 216 g/mol. The van der Waals surface area contributed by atoms with Gasteiger partial charge in [-0.25, -0.2) is 0 Å². The van der Waals surface area contributed by atoms with Gasteiger partial charge < -0.3 is 14.2 Å². The highest BCUT2D eigenvalue weighted by Gasteiger charge is 2.51. The topological polar surface area (TPSA) is 27.7 Å². The third-order valence-corrected chi connectivity index (χ3v) is 3.85. The maximum atomic E-state index is 5.68. The lowest BCUT2D eigenvalue weighted by atomic mass is 9.70. The Morgan fingerprint density at radius 1 is 0.933 bits per heavy atom. The van der Waals surface area contributed by atoms with E-state index in [4.69, 9.17) is 14.2 Å². The van der Waals surface area contributed by atoms with Crippen LogP contribution in [0.5, 0.6) is 0 Å². The summed E-state index contributed by atoms with van der Waals surface area (Å²) < 4.78 is 16.8. The molecule has 1 aliphatic carbocycles. The van der Waals surface area contributed by atoms with Gasteiger partial charge in [0.05, 0.1) is 12.2 Å². The molecule has 90 valence electrons. The van der Waals surface area contributed by atoms with Crippen LogP contribution in [0, 0.1) is 11.8 Å². The first-order valence-electron chi connectivity index (χ1n) is 5.62. The minimum Gasteiger partial charge on any atom is -0.378 e. The molecule has 0 aromatic heterocycles. The first-order valence-corrected chi connectivity index (χ1v) is 5.62. The first kappa shape index (κ1) is 12.9. The molecule has 0 heterocycles. The molecule has 1 aliphatic rings. The largest absolute Gasteiger partial charge is 0.378 e. The normalized spacial score (nSPS) is 46.8. The summed E-state index contributed by atoms with van der Waals surface area (Å²) in [7, 11) is 5.24. The van der Waals surface area contributed by atoms with Gasteiger partial charge in [-0.1, -0.05) is 13.8 Å². The molecule has 0 spiro atoms. The van der Waals surface area contributed by atoms with Gasteiger partial charge in [-0.15, -0.1) is 0 Å². The van der Waals surface area contributed by atoms with Gasteiger partial charge in [0.25, 0.3) is 0 Å². The van der Waals surface area contributed by atoms with Crippen molar-refractivity contribution < 1.29 is 14.2 Å². The van der Waals surface area contributed by atoms with Crippen LogP contribution in [-0.2, 0) is 14.2 Å². The van der Waals surface area contributed by atoms with Crippen molar-refractivity contribution in [3.05, 3.63) is 0 Å². The Balaban J connectivity index is 2.98. The number of methoxy groups -OCH3 is 3.